The molecule has 0 aromatic heterocycles. The maximum atomic E-state index is 11.3. The lowest BCUT2D eigenvalue weighted by atomic mass is 10.1. The van der Waals surface area contributed by atoms with E-state index in [1.165, 1.54) is 21.3 Å². The van der Waals surface area contributed by atoms with Gasteiger partial charge in [-0.2, -0.15) is 0 Å². The molecule has 0 aliphatic carbocycles. The molecule has 0 saturated carbocycles. The number of carbonyl (C=O) groups excluding carboxylic acids is 1. The molecule has 1 atom stereocenters. The van der Waals surface area contributed by atoms with Gasteiger partial charge in [0.05, 0.1) is 27.9 Å². The van der Waals surface area contributed by atoms with E-state index in [4.69, 9.17) is 14.2 Å². The smallest absolute Gasteiger partial charge is 0.261 e. The van der Waals surface area contributed by atoms with E-state index in [9.17, 15) is 10.0 Å². The molecule has 104 valence electrons. The summed E-state index contributed by atoms with van der Waals surface area (Å²) in [6.45, 7) is 0.0812. The van der Waals surface area contributed by atoms with Gasteiger partial charge in [-0.05, 0) is 17.7 Å². The maximum Gasteiger partial charge on any atom is 0.261 e. The summed E-state index contributed by atoms with van der Waals surface area (Å²) in [5.41, 5.74) is 0.642. The lowest BCUT2D eigenvalue weighted by Crippen LogP contribution is -2.26. The van der Waals surface area contributed by atoms with Crippen molar-refractivity contribution >= 4 is 5.91 Å². The van der Waals surface area contributed by atoms with Crippen molar-refractivity contribution in [3.05, 3.63) is 17.7 Å². The first-order valence-electron chi connectivity index (χ1n) is 5.66. The van der Waals surface area contributed by atoms with Gasteiger partial charge < -0.3 is 14.2 Å². The number of amides is 1. The second-order valence-electron chi connectivity index (χ2n) is 3.98. The molecular formula is C12H16N2O5. The van der Waals surface area contributed by atoms with Crippen LogP contribution < -0.4 is 19.5 Å². The number of hydrogen-bond donors (Lipinski definition) is 2. The van der Waals surface area contributed by atoms with E-state index in [2.05, 4.69) is 5.32 Å². The van der Waals surface area contributed by atoms with Crippen LogP contribution in [0.15, 0.2) is 12.1 Å². The Balaban J connectivity index is 2.44. The molecule has 7 nitrogen and oxygen atoms in total. The third kappa shape index (κ3) is 2.29. The highest BCUT2D eigenvalue weighted by atomic mass is 16.5. The summed E-state index contributed by atoms with van der Waals surface area (Å²) in [7, 11) is 4.52. The van der Waals surface area contributed by atoms with Crippen LogP contribution in [0, 0.1) is 0 Å². The molecule has 1 aromatic carbocycles. The van der Waals surface area contributed by atoms with Crippen molar-refractivity contribution in [1.29, 1.82) is 0 Å². The van der Waals surface area contributed by atoms with Gasteiger partial charge in [0.2, 0.25) is 5.75 Å². The zero-order chi connectivity index (χ0) is 14.0. The number of rotatable bonds is 4. The minimum Gasteiger partial charge on any atom is -0.493 e. The predicted molar refractivity (Wildman–Crippen MR) is 65.5 cm³/mol. The van der Waals surface area contributed by atoms with Gasteiger partial charge >= 0.3 is 0 Å². The lowest BCUT2D eigenvalue weighted by molar-refractivity contribution is -0.165. The molecule has 19 heavy (non-hydrogen) atoms. The Morgan fingerprint density at radius 3 is 2.16 bits per heavy atom. The topological polar surface area (TPSA) is 80.3 Å². The summed E-state index contributed by atoms with van der Waals surface area (Å²) in [6, 6.07) is 3.36. The molecule has 0 spiro atoms. The molecule has 1 heterocycles. The van der Waals surface area contributed by atoms with Gasteiger partial charge in [-0.3, -0.25) is 15.3 Å². The minimum atomic E-state index is -0.624. The molecule has 1 amide bonds. The van der Waals surface area contributed by atoms with Gasteiger partial charge in [0, 0.05) is 0 Å². The molecule has 1 aromatic rings. The normalized spacial score (nSPS) is 18.6. The van der Waals surface area contributed by atoms with Crippen molar-refractivity contribution in [2.75, 3.05) is 27.9 Å². The maximum absolute atomic E-state index is 11.3. The first kappa shape index (κ1) is 13.4. The van der Waals surface area contributed by atoms with E-state index in [1.807, 2.05) is 0 Å². The van der Waals surface area contributed by atoms with Crippen LogP contribution in [0.1, 0.15) is 11.7 Å². The third-order valence-electron chi connectivity index (χ3n) is 2.95. The Labute approximate surface area is 110 Å². The summed E-state index contributed by atoms with van der Waals surface area (Å²) >= 11 is 0. The van der Waals surface area contributed by atoms with E-state index in [1.54, 1.807) is 12.1 Å². The first-order valence-corrected chi connectivity index (χ1v) is 5.66. The molecule has 1 aliphatic heterocycles. The minimum absolute atomic E-state index is 0.0812. The van der Waals surface area contributed by atoms with Crippen molar-refractivity contribution < 1.29 is 24.2 Å². The van der Waals surface area contributed by atoms with Crippen molar-refractivity contribution in [1.82, 2.24) is 10.4 Å². The highest BCUT2D eigenvalue weighted by molar-refractivity contribution is 5.79. The van der Waals surface area contributed by atoms with Crippen LogP contribution in [-0.4, -0.2) is 44.1 Å². The zero-order valence-corrected chi connectivity index (χ0v) is 11.0. The number of nitrogens with one attached hydrogen (secondary N) is 1. The van der Waals surface area contributed by atoms with E-state index in [-0.39, 0.29) is 6.54 Å². The predicted octanol–water partition coefficient (Wildman–Crippen LogP) is 0.532. The Kier molecular flexibility index (Phi) is 3.77. The van der Waals surface area contributed by atoms with E-state index in [0.29, 0.717) is 27.9 Å². The summed E-state index contributed by atoms with van der Waals surface area (Å²) in [5.74, 6) is 0.999. The van der Waals surface area contributed by atoms with Crippen molar-refractivity contribution in [3.63, 3.8) is 0 Å². The fourth-order valence-electron chi connectivity index (χ4n) is 2.01. The Bertz CT molecular complexity index is 466. The quantitative estimate of drug-likeness (QED) is 0.775. The van der Waals surface area contributed by atoms with Gasteiger partial charge in [-0.25, -0.2) is 5.06 Å². The summed E-state index contributed by atoms with van der Waals surface area (Å²) in [4.78, 5) is 11.3. The number of benzene rings is 1. The van der Waals surface area contributed by atoms with E-state index < -0.39 is 12.1 Å². The average molecular weight is 268 g/mol. The number of hydroxylamine groups is 2. The summed E-state index contributed by atoms with van der Waals surface area (Å²) in [6.07, 6.45) is -0.624. The standard InChI is InChI=1S/C12H16N2O5/c1-17-8-4-7(5-9(18-2)11(8)19-3)12-13-6-10(15)14(12)16/h4-5,12-13,16H,6H2,1-3H3/t12-/m1/s1. The highest BCUT2D eigenvalue weighted by Gasteiger charge is 2.32. The van der Waals surface area contributed by atoms with Crippen molar-refractivity contribution in [2.45, 2.75) is 6.17 Å². The Hall–Kier alpha value is -1.99. The SMILES string of the molecule is COc1cc([C@@H]2NCC(=O)N2O)cc(OC)c1OC. The average Bonchev–Trinajstić information content (AvgIpc) is 2.77. The van der Waals surface area contributed by atoms with Crippen molar-refractivity contribution in [3.8, 4) is 17.2 Å². The third-order valence-corrected chi connectivity index (χ3v) is 2.95. The van der Waals surface area contributed by atoms with Crippen LogP contribution in [0.25, 0.3) is 0 Å². The van der Waals surface area contributed by atoms with Gasteiger partial charge in [-0.1, -0.05) is 0 Å². The molecule has 2 rings (SSSR count). The molecule has 0 unspecified atom stereocenters. The molecule has 1 fully saturated rings. The van der Waals surface area contributed by atoms with Crippen LogP contribution >= 0.6 is 0 Å². The van der Waals surface area contributed by atoms with Gasteiger partial charge in [-0.15, -0.1) is 0 Å². The molecule has 7 heteroatoms. The summed E-state index contributed by atoms with van der Waals surface area (Å²) < 4.78 is 15.7. The van der Waals surface area contributed by atoms with Crippen LogP contribution in [0.4, 0.5) is 0 Å². The zero-order valence-electron chi connectivity index (χ0n) is 11.0. The molecule has 0 radical (unpaired) electrons. The lowest BCUT2D eigenvalue weighted by Gasteiger charge is -2.20. The second kappa shape index (κ2) is 5.33. The molecular weight excluding hydrogens is 252 g/mol. The fraction of sp³-hybridized carbons (Fsp3) is 0.417. The molecule has 2 N–H and O–H groups in total. The van der Waals surface area contributed by atoms with Gasteiger partial charge in [0.25, 0.3) is 5.91 Å². The fourth-order valence-corrected chi connectivity index (χ4v) is 2.01. The van der Waals surface area contributed by atoms with E-state index in [0.717, 1.165) is 0 Å². The number of methoxy groups -OCH3 is 3. The summed E-state index contributed by atoms with van der Waals surface area (Å²) in [5, 5.41) is 13.2. The number of nitrogens with zero attached hydrogens (tertiary/aromatic N) is 1. The van der Waals surface area contributed by atoms with Crippen LogP contribution in [0.2, 0.25) is 0 Å². The molecule has 1 saturated heterocycles. The number of ether oxygens (including phenoxy) is 3. The number of carbonyl (C=O) groups is 1. The van der Waals surface area contributed by atoms with Crippen LogP contribution in [0.5, 0.6) is 17.2 Å². The highest BCUT2D eigenvalue weighted by Crippen LogP contribution is 2.40. The molecule has 0 bridgehead atoms. The van der Waals surface area contributed by atoms with E-state index >= 15 is 0 Å². The second-order valence-corrected chi connectivity index (χ2v) is 3.98. The largest absolute Gasteiger partial charge is 0.493 e. The van der Waals surface area contributed by atoms with Gasteiger partial charge in [0.1, 0.15) is 6.17 Å². The molecule has 1 aliphatic rings. The monoisotopic (exact) mass is 268 g/mol. The van der Waals surface area contributed by atoms with Crippen LogP contribution in [0.3, 0.4) is 0 Å². The first-order chi connectivity index (χ1) is 9.12. The Morgan fingerprint density at radius 1 is 1.21 bits per heavy atom. The Morgan fingerprint density at radius 2 is 1.79 bits per heavy atom. The number of hydrogen-bond acceptors (Lipinski definition) is 6. The van der Waals surface area contributed by atoms with Gasteiger partial charge in [0.15, 0.2) is 11.5 Å². The van der Waals surface area contributed by atoms with Crippen molar-refractivity contribution in [2.24, 2.45) is 0 Å². The van der Waals surface area contributed by atoms with Crippen LogP contribution in [-0.2, 0) is 4.79 Å².